The molecule has 0 aromatic heterocycles. The Hall–Kier alpha value is -2.99. The number of sulfonamides is 1. The van der Waals surface area contributed by atoms with Crippen molar-refractivity contribution in [1.82, 2.24) is 0 Å². The van der Waals surface area contributed by atoms with Gasteiger partial charge in [-0.1, -0.05) is 51.1 Å². The van der Waals surface area contributed by atoms with Gasteiger partial charge in [0.05, 0.1) is 10.6 Å². The molecule has 0 bridgehead atoms. The molecule has 3 aromatic rings. The summed E-state index contributed by atoms with van der Waals surface area (Å²) in [6.45, 7) is 6.86. The molecule has 1 aliphatic heterocycles. The van der Waals surface area contributed by atoms with E-state index < -0.39 is 10.0 Å². The molecule has 1 N–H and O–H groups in total. The van der Waals surface area contributed by atoms with Crippen LogP contribution in [0.5, 0.6) is 0 Å². The molecule has 0 fully saturated rings. The zero-order chi connectivity index (χ0) is 22.2. The van der Waals surface area contributed by atoms with Crippen LogP contribution in [0.25, 0.3) is 0 Å². The van der Waals surface area contributed by atoms with E-state index in [9.17, 15) is 12.8 Å². The van der Waals surface area contributed by atoms with Gasteiger partial charge in [-0.05, 0) is 59.4 Å². The normalized spacial score (nSPS) is 14.0. The summed E-state index contributed by atoms with van der Waals surface area (Å²) < 4.78 is 42.3. The molecule has 160 valence electrons. The first kappa shape index (κ1) is 21.2. The number of rotatable bonds is 4. The third-order valence-electron chi connectivity index (χ3n) is 5.40. The van der Waals surface area contributed by atoms with E-state index in [0.29, 0.717) is 17.9 Å². The Morgan fingerprint density at radius 2 is 1.71 bits per heavy atom. The lowest BCUT2D eigenvalue weighted by Gasteiger charge is -2.19. The van der Waals surface area contributed by atoms with Crippen molar-refractivity contribution in [2.24, 2.45) is 4.99 Å². The molecule has 1 aliphatic rings. The summed E-state index contributed by atoms with van der Waals surface area (Å²) >= 11 is 0. The molecule has 4 rings (SSSR count). The van der Waals surface area contributed by atoms with Crippen molar-refractivity contribution in [3.05, 3.63) is 94.8 Å². The van der Waals surface area contributed by atoms with E-state index in [0.717, 1.165) is 28.7 Å². The standard InChI is InChI=1S/C25H25FN2O2S/c1-25(2,3)19-8-11-22(12-9-19)31(29,30)28-21-6-4-5-18(15-21)24-23-16-20(26)10-7-17(23)13-14-27-24/h4-12,15-16,28H,13-14H2,1-3H3. The van der Waals surface area contributed by atoms with Gasteiger partial charge in [-0.3, -0.25) is 9.71 Å². The van der Waals surface area contributed by atoms with Gasteiger partial charge in [0.1, 0.15) is 5.82 Å². The van der Waals surface area contributed by atoms with Gasteiger partial charge in [-0.2, -0.15) is 0 Å². The van der Waals surface area contributed by atoms with Crippen molar-refractivity contribution < 1.29 is 12.8 Å². The third-order valence-corrected chi connectivity index (χ3v) is 6.79. The Kier molecular flexibility index (Phi) is 5.43. The van der Waals surface area contributed by atoms with Crippen molar-refractivity contribution in [3.63, 3.8) is 0 Å². The molecular formula is C25H25FN2O2S. The highest BCUT2D eigenvalue weighted by Crippen LogP contribution is 2.26. The van der Waals surface area contributed by atoms with Crippen LogP contribution in [0.2, 0.25) is 0 Å². The molecule has 3 aromatic carbocycles. The van der Waals surface area contributed by atoms with Crippen LogP contribution in [0.1, 0.15) is 43.0 Å². The number of aliphatic imine (C=N–C) groups is 1. The number of anilines is 1. The summed E-state index contributed by atoms with van der Waals surface area (Å²) in [4.78, 5) is 4.79. The molecule has 4 nitrogen and oxygen atoms in total. The van der Waals surface area contributed by atoms with E-state index in [1.165, 1.54) is 12.1 Å². The smallest absolute Gasteiger partial charge is 0.261 e. The van der Waals surface area contributed by atoms with Crippen LogP contribution >= 0.6 is 0 Å². The summed E-state index contributed by atoms with van der Waals surface area (Å²) in [5, 5.41) is 0. The van der Waals surface area contributed by atoms with Crippen LogP contribution in [0.15, 0.2) is 76.6 Å². The maximum Gasteiger partial charge on any atom is 0.261 e. The Morgan fingerprint density at radius 1 is 0.968 bits per heavy atom. The van der Waals surface area contributed by atoms with Gasteiger partial charge in [0, 0.05) is 23.4 Å². The molecule has 0 atom stereocenters. The molecule has 31 heavy (non-hydrogen) atoms. The van der Waals surface area contributed by atoms with E-state index in [-0.39, 0.29) is 16.1 Å². The van der Waals surface area contributed by atoms with Gasteiger partial charge < -0.3 is 0 Å². The zero-order valence-corrected chi connectivity index (χ0v) is 18.6. The molecule has 0 saturated carbocycles. The quantitative estimate of drug-likeness (QED) is 0.602. The summed E-state index contributed by atoms with van der Waals surface area (Å²) in [5.41, 5.74) is 4.66. The fraction of sp³-hybridized carbons (Fsp3) is 0.240. The number of benzene rings is 3. The minimum atomic E-state index is -3.74. The van der Waals surface area contributed by atoms with Gasteiger partial charge in [0.15, 0.2) is 0 Å². The van der Waals surface area contributed by atoms with Crippen molar-refractivity contribution in [1.29, 1.82) is 0 Å². The van der Waals surface area contributed by atoms with Crippen molar-refractivity contribution in [2.45, 2.75) is 37.5 Å². The van der Waals surface area contributed by atoms with Crippen molar-refractivity contribution >= 4 is 21.4 Å². The summed E-state index contributed by atoms with van der Waals surface area (Å²) in [7, 11) is -3.74. The second-order valence-corrected chi connectivity index (χ2v) is 10.4. The predicted octanol–water partition coefficient (Wildman–Crippen LogP) is 5.32. The third kappa shape index (κ3) is 4.54. The van der Waals surface area contributed by atoms with Gasteiger partial charge >= 0.3 is 0 Å². The molecule has 6 heteroatoms. The monoisotopic (exact) mass is 436 g/mol. The van der Waals surface area contributed by atoms with Crippen LogP contribution in [0.4, 0.5) is 10.1 Å². The number of hydrogen-bond donors (Lipinski definition) is 1. The molecule has 1 heterocycles. The first-order valence-electron chi connectivity index (χ1n) is 10.2. The maximum absolute atomic E-state index is 13.8. The molecule has 0 radical (unpaired) electrons. The molecule has 0 unspecified atom stereocenters. The number of halogens is 1. The largest absolute Gasteiger partial charge is 0.284 e. The fourth-order valence-corrected chi connectivity index (χ4v) is 4.73. The van der Waals surface area contributed by atoms with E-state index in [2.05, 4.69) is 30.5 Å². The fourth-order valence-electron chi connectivity index (χ4n) is 3.69. The van der Waals surface area contributed by atoms with E-state index in [4.69, 9.17) is 0 Å². The lowest BCUT2D eigenvalue weighted by molar-refractivity contribution is 0.587. The lowest BCUT2D eigenvalue weighted by Crippen LogP contribution is -2.16. The lowest BCUT2D eigenvalue weighted by atomic mass is 9.87. The van der Waals surface area contributed by atoms with Crippen LogP contribution in [-0.2, 0) is 21.9 Å². The average Bonchev–Trinajstić information content (AvgIpc) is 2.72. The average molecular weight is 437 g/mol. The molecule has 0 aliphatic carbocycles. The highest BCUT2D eigenvalue weighted by Gasteiger charge is 2.20. The van der Waals surface area contributed by atoms with E-state index in [1.54, 1.807) is 36.4 Å². The van der Waals surface area contributed by atoms with Crippen LogP contribution in [0, 0.1) is 5.82 Å². The van der Waals surface area contributed by atoms with Gasteiger partial charge in [0.2, 0.25) is 0 Å². The van der Waals surface area contributed by atoms with Crippen LogP contribution in [-0.4, -0.2) is 20.7 Å². The van der Waals surface area contributed by atoms with Crippen LogP contribution in [0.3, 0.4) is 0 Å². The van der Waals surface area contributed by atoms with E-state index >= 15 is 0 Å². The minimum absolute atomic E-state index is 0.0550. The van der Waals surface area contributed by atoms with Gasteiger partial charge in [-0.25, -0.2) is 12.8 Å². The second kappa shape index (κ2) is 7.93. The predicted molar refractivity (Wildman–Crippen MR) is 123 cm³/mol. The summed E-state index contributed by atoms with van der Waals surface area (Å²) in [6.07, 6.45) is 0.760. The summed E-state index contributed by atoms with van der Waals surface area (Å²) in [5.74, 6) is -0.316. The first-order valence-corrected chi connectivity index (χ1v) is 11.7. The number of fused-ring (bicyclic) bond motifs is 1. The number of nitrogens with zero attached hydrogens (tertiary/aromatic N) is 1. The van der Waals surface area contributed by atoms with Crippen LogP contribution < -0.4 is 4.72 Å². The van der Waals surface area contributed by atoms with E-state index in [1.807, 2.05) is 18.2 Å². The molecule has 0 amide bonds. The zero-order valence-electron chi connectivity index (χ0n) is 17.8. The highest BCUT2D eigenvalue weighted by atomic mass is 32.2. The number of hydrogen-bond acceptors (Lipinski definition) is 3. The Labute approximate surface area is 182 Å². The second-order valence-electron chi connectivity index (χ2n) is 8.74. The Morgan fingerprint density at radius 3 is 2.42 bits per heavy atom. The SMILES string of the molecule is CC(C)(C)c1ccc(S(=O)(=O)Nc2cccc(C3=NCCc4ccc(F)cc43)c2)cc1. The van der Waals surface area contributed by atoms with Crippen molar-refractivity contribution in [2.75, 3.05) is 11.3 Å². The maximum atomic E-state index is 13.8. The molecular weight excluding hydrogens is 411 g/mol. The topological polar surface area (TPSA) is 58.5 Å². The van der Waals surface area contributed by atoms with Gasteiger partial charge in [0.25, 0.3) is 10.0 Å². The first-order chi connectivity index (χ1) is 14.6. The van der Waals surface area contributed by atoms with Gasteiger partial charge in [-0.15, -0.1) is 0 Å². The molecule has 0 spiro atoms. The summed E-state index contributed by atoms with van der Waals surface area (Å²) in [6, 6.07) is 18.7. The number of nitrogens with one attached hydrogen (secondary N) is 1. The minimum Gasteiger partial charge on any atom is -0.284 e. The molecule has 0 saturated heterocycles. The Bertz CT molecular complexity index is 1260. The highest BCUT2D eigenvalue weighted by molar-refractivity contribution is 7.92. The Balaban J connectivity index is 1.62. The van der Waals surface area contributed by atoms with Crippen molar-refractivity contribution in [3.8, 4) is 0 Å².